The van der Waals surface area contributed by atoms with Crippen LogP contribution in [-0.2, 0) is 4.65 Å². The molecule has 0 spiro atoms. The Kier molecular flexibility index (Phi) is 6.93. The largest absolute Gasteiger partial charge is 1.00 e. The third kappa shape index (κ3) is 3.19. The van der Waals surface area contributed by atoms with Crippen molar-refractivity contribution in [3.05, 3.63) is 12.2 Å². The first-order valence-electron chi connectivity index (χ1n) is 11.9. The molecule has 0 aromatic carbocycles. The van der Waals surface area contributed by atoms with E-state index >= 15 is 0 Å². The predicted octanol–water partition coefficient (Wildman–Crippen LogP) is 4.30. The molecule has 6 fully saturated rings. The maximum Gasteiger partial charge on any atom is 1.00 e. The van der Waals surface area contributed by atoms with Crippen LogP contribution in [-0.4, -0.2) is 13.5 Å². The van der Waals surface area contributed by atoms with Crippen LogP contribution in [0.25, 0.3) is 0 Å². The van der Waals surface area contributed by atoms with Gasteiger partial charge in [-0.05, 0) is 61.4 Å². The molecule has 6 rings (SSSR count). The Morgan fingerprint density at radius 1 is 0.857 bits per heavy atom. The van der Waals surface area contributed by atoms with Crippen LogP contribution in [0.2, 0.25) is 18.0 Å². The van der Waals surface area contributed by atoms with E-state index in [4.69, 9.17) is 4.65 Å². The Hall–Kier alpha value is 1.40. The zero-order valence-electron chi connectivity index (χ0n) is 20.3. The standard InChI is InChI=1S/C25H44BO.K/c1-9-10-11-26(27-8,22-14-18-12-20(16(22)2)24(18,4)5)23-15-19-13-21(17(23)3)25(19,6)7;/h9-10,16-23H,11-15H2,1-8H3;/q-1;+1/b10-9+;/t16-,17-,18+,19+,20-,21-,22-,23-;/m1./s1. The Morgan fingerprint density at radius 2 is 1.29 bits per heavy atom. The molecule has 0 unspecified atom stereocenters. The van der Waals surface area contributed by atoms with Gasteiger partial charge in [-0.25, -0.2) is 0 Å². The van der Waals surface area contributed by atoms with E-state index in [9.17, 15) is 0 Å². The van der Waals surface area contributed by atoms with Crippen LogP contribution in [0.4, 0.5) is 0 Å². The molecule has 6 aliphatic rings. The molecule has 4 bridgehead atoms. The number of hydrogen-bond acceptors (Lipinski definition) is 1. The monoisotopic (exact) mass is 410 g/mol. The quantitative estimate of drug-likeness (QED) is 0.485. The molecule has 0 N–H and O–H groups in total. The van der Waals surface area contributed by atoms with E-state index in [0.717, 1.165) is 47.1 Å². The van der Waals surface area contributed by atoms with Crippen LogP contribution in [0.5, 0.6) is 0 Å². The molecule has 1 nitrogen and oxygen atoms in total. The molecule has 28 heavy (non-hydrogen) atoms. The molecule has 0 aromatic heterocycles. The summed E-state index contributed by atoms with van der Waals surface area (Å²) >= 11 is 0. The summed E-state index contributed by atoms with van der Waals surface area (Å²) in [5.41, 5.74) is 1.13. The van der Waals surface area contributed by atoms with E-state index < -0.39 is 6.35 Å². The fraction of sp³-hybridized carbons (Fsp3) is 0.920. The normalized spacial score (nSPS) is 45.7. The van der Waals surface area contributed by atoms with Gasteiger partial charge in [0, 0.05) is 0 Å². The van der Waals surface area contributed by atoms with Gasteiger partial charge in [-0.3, -0.25) is 0 Å². The van der Waals surface area contributed by atoms with Crippen molar-refractivity contribution >= 4 is 6.35 Å². The van der Waals surface area contributed by atoms with Gasteiger partial charge in [-0.15, -0.1) is 24.0 Å². The zero-order valence-corrected chi connectivity index (χ0v) is 23.4. The van der Waals surface area contributed by atoms with Gasteiger partial charge in [0.2, 0.25) is 0 Å². The molecular formula is C25H44BKO. The predicted molar refractivity (Wildman–Crippen MR) is 118 cm³/mol. The second-order valence-corrected chi connectivity index (χ2v) is 12.4. The minimum Gasteiger partial charge on any atom is -0.592 e. The summed E-state index contributed by atoms with van der Waals surface area (Å²) in [5, 5.41) is 0. The van der Waals surface area contributed by atoms with Crippen LogP contribution in [0.3, 0.4) is 0 Å². The van der Waals surface area contributed by atoms with E-state index in [1.165, 1.54) is 32.0 Å². The summed E-state index contributed by atoms with van der Waals surface area (Å²) in [6.45, 7) is 17.5. The van der Waals surface area contributed by atoms with Gasteiger partial charge in [-0.1, -0.05) is 72.3 Å². The summed E-state index contributed by atoms with van der Waals surface area (Å²) < 4.78 is 6.75. The van der Waals surface area contributed by atoms with Gasteiger partial charge in [0.25, 0.3) is 0 Å². The average Bonchev–Trinajstić information content (AvgIpc) is 2.63. The molecule has 3 heteroatoms. The van der Waals surface area contributed by atoms with Gasteiger partial charge in [0.1, 0.15) is 6.35 Å². The van der Waals surface area contributed by atoms with Crippen molar-refractivity contribution in [2.24, 2.45) is 46.3 Å². The van der Waals surface area contributed by atoms with Gasteiger partial charge in [0.15, 0.2) is 0 Å². The summed E-state index contributed by atoms with van der Waals surface area (Å²) in [5.74, 6) is 6.88. The van der Waals surface area contributed by atoms with Crippen LogP contribution in [0.1, 0.15) is 74.1 Å². The first kappa shape index (κ1) is 24.1. The molecule has 0 amide bonds. The zero-order chi connectivity index (χ0) is 19.8. The number of rotatable bonds is 5. The van der Waals surface area contributed by atoms with Crippen molar-refractivity contribution in [2.45, 2.75) is 92.1 Å². The smallest absolute Gasteiger partial charge is 0.592 e. The Labute approximate surface area is 218 Å². The Morgan fingerprint density at radius 3 is 1.57 bits per heavy atom. The third-order valence-corrected chi connectivity index (χ3v) is 11.5. The fourth-order valence-electron chi connectivity index (χ4n) is 9.33. The fourth-order valence-corrected chi connectivity index (χ4v) is 9.33. The second kappa shape index (κ2) is 8.07. The van der Waals surface area contributed by atoms with Crippen molar-refractivity contribution in [1.29, 1.82) is 0 Å². The topological polar surface area (TPSA) is 9.23 Å². The molecule has 0 saturated heterocycles. The van der Waals surface area contributed by atoms with Crippen molar-refractivity contribution in [3.8, 4) is 0 Å². The Balaban J connectivity index is 0.00000225. The first-order valence-corrected chi connectivity index (χ1v) is 11.9. The Bertz CT molecular complexity index is 570. The first-order chi connectivity index (χ1) is 12.6. The summed E-state index contributed by atoms with van der Waals surface area (Å²) in [6.07, 6.45) is 10.9. The molecule has 154 valence electrons. The van der Waals surface area contributed by atoms with Crippen molar-refractivity contribution in [2.75, 3.05) is 7.11 Å². The number of hydrogen-bond donors (Lipinski definition) is 0. The van der Waals surface area contributed by atoms with Crippen molar-refractivity contribution in [1.82, 2.24) is 0 Å². The molecule has 0 heterocycles. The van der Waals surface area contributed by atoms with E-state index in [0.29, 0.717) is 10.8 Å². The van der Waals surface area contributed by atoms with E-state index in [1.54, 1.807) is 0 Å². The van der Waals surface area contributed by atoms with Gasteiger partial charge in [0.05, 0.1) is 0 Å². The van der Waals surface area contributed by atoms with E-state index in [2.05, 4.69) is 67.7 Å². The molecule has 6 saturated carbocycles. The van der Waals surface area contributed by atoms with Gasteiger partial charge < -0.3 is 4.65 Å². The third-order valence-electron chi connectivity index (χ3n) is 11.5. The van der Waals surface area contributed by atoms with E-state index in [-0.39, 0.29) is 51.4 Å². The summed E-state index contributed by atoms with van der Waals surface area (Å²) in [4.78, 5) is 0. The van der Waals surface area contributed by atoms with E-state index in [1.807, 2.05) is 0 Å². The number of allylic oxidation sites excluding steroid dienone is 2. The van der Waals surface area contributed by atoms with Crippen molar-refractivity contribution < 1.29 is 56.0 Å². The molecule has 0 aromatic rings. The minimum atomic E-state index is -0.806. The summed E-state index contributed by atoms with van der Waals surface area (Å²) in [7, 11) is 2.07. The summed E-state index contributed by atoms with van der Waals surface area (Å²) in [6, 6.07) is 0. The van der Waals surface area contributed by atoms with Crippen LogP contribution < -0.4 is 51.4 Å². The maximum absolute atomic E-state index is 6.75. The van der Waals surface area contributed by atoms with Gasteiger partial charge in [-0.2, -0.15) is 0 Å². The second-order valence-electron chi connectivity index (χ2n) is 12.4. The average molecular weight is 411 g/mol. The van der Waals surface area contributed by atoms with Crippen molar-refractivity contribution in [3.63, 3.8) is 0 Å². The molecular weight excluding hydrogens is 366 g/mol. The SMILES string of the molecule is C/C=C/C[B-](OC)([C@@H]1C[C@@H]2C[C@H]([C@H]1C)C2(C)C)[C@@H]1C[C@@H]2C[C@H]([C@H]1C)C2(C)C.[K+]. The maximum atomic E-state index is 6.75. The molecule has 0 aliphatic heterocycles. The molecule has 0 radical (unpaired) electrons. The van der Waals surface area contributed by atoms with Gasteiger partial charge >= 0.3 is 51.4 Å². The van der Waals surface area contributed by atoms with Crippen LogP contribution >= 0.6 is 0 Å². The van der Waals surface area contributed by atoms with Crippen LogP contribution in [0, 0.1) is 46.3 Å². The van der Waals surface area contributed by atoms with Crippen LogP contribution in [0.15, 0.2) is 12.2 Å². The molecule has 8 atom stereocenters. The minimum absolute atomic E-state index is 0. The molecule has 6 aliphatic carbocycles. The number of fused-ring (bicyclic) bond motifs is 4.